The van der Waals surface area contributed by atoms with Crippen LogP contribution in [-0.4, -0.2) is 30.8 Å². The van der Waals surface area contributed by atoms with Crippen molar-refractivity contribution >= 4 is 22.8 Å². The first-order valence-corrected chi connectivity index (χ1v) is 8.64. The van der Waals surface area contributed by atoms with Gasteiger partial charge in [-0.25, -0.2) is 14.6 Å². The fourth-order valence-corrected chi connectivity index (χ4v) is 2.83. The van der Waals surface area contributed by atoms with Gasteiger partial charge in [0.05, 0.1) is 17.3 Å². The van der Waals surface area contributed by atoms with Crippen molar-refractivity contribution in [2.45, 2.75) is 13.8 Å². The van der Waals surface area contributed by atoms with Crippen molar-refractivity contribution in [3.63, 3.8) is 0 Å². The summed E-state index contributed by atoms with van der Waals surface area (Å²) < 4.78 is 1.73. The largest absolute Gasteiger partial charge is 0.508 e. The second-order valence-corrected chi connectivity index (χ2v) is 6.41. The van der Waals surface area contributed by atoms with E-state index in [-0.39, 0.29) is 5.75 Å². The predicted octanol–water partition coefficient (Wildman–Crippen LogP) is 2.89. The molecule has 140 valence electrons. The van der Waals surface area contributed by atoms with Crippen LogP contribution in [0.4, 0.5) is 5.82 Å². The van der Waals surface area contributed by atoms with Crippen LogP contribution in [0, 0.1) is 13.8 Å². The molecule has 0 bridgehead atoms. The zero-order chi connectivity index (χ0) is 19.7. The molecule has 0 unspecified atom stereocenters. The van der Waals surface area contributed by atoms with Crippen molar-refractivity contribution in [3.05, 3.63) is 71.7 Å². The fraction of sp³-hybridized carbons (Fsp3) is 0.100. The number of fused-ring (bicyclic) bond motifs is 1. The van der Waals surface area contributed by atoms with Crippen LogP contribution < -0.4 is 10.9 Å². The molecule has 0 atom stereocenters. The molecule has 1 amide bonds. The number of carbonyl (C=O) groups excluding carboxylic acids is 1. The van der Waals surface area contributed by atoms with Crippen LogP contribution in [-0.2, 0) is 0 Å². The van der Waals surface area contributed by atoms with Gasteiger partial charge in [-0.2, -0.15) is 5.10 Å². The summed E-state index contributed by atoms with van der Waals surface area (Å²) in [5, 5.41) is 14.6. The molecular formula is C20H18N6O2. The number of phenols is 1. The molecule has 0 fully saturated rings. The van der Waals surface area contributed by atoms with E-state index in [2.05, 4.69) is 32.8 Å². The quantitative estimate of drug-likeness (QED) is 0.475. The van der Waals surface area contributed by atoms with E-state index < -0.39 is 5.91 Å². The summed E-state index contributed by atoms with van der Waals surface area (Å²) in [6.45, 7) is 4.10. The van der Waals surface area contributed by atoms with Crippen LogP contribution >= 0.6 is 0 Å². The molecule has 8 nitrogen and oxygen atoms in total. The lowest BCUT2D eigenvalue weighted by molar-refractivity contribution is 0.0962. The average molecular weight is 374 g/mol. The molecule has 0 aliphatic carbocycles. The van der Waals surface area contributed by atoms with Gasteiger partial charge in [-0.05, 0) is 55.3 Å². The zero-order valence-corrected chi connectivity index (χ0v) is 15.3. The fourth-order valence-electron chi connectivity index (χ4n) is 2.83. The maximum atomic E-state index is 12.3. The highest BCUT2D eigenvalue weighted by atomic mass is 16.3. The molecule has 8 heteroatoms. The minimum absolute atomic E-state index is 0.0201. The molecule has 2 aromatic heterocycles. The number of carbonyl (C=O) groups is 1. The number of aromatic nitrogens is 4. The molecule has 4 aromatic rings. The maximum Gasteiger partial charge on any atom is 0.269 e. The maximum absolute atomic E-state index is 12.3. The molecule has 0 radical (unpaired) electrons. The molecule has 0 aliphatic rings. The highest BCUT2D eigenvalue weighted by molar-refractivity contribution is 5.96. The Kier molecular flexibility index (Phi) is 4.36. The minimum atomic E-state index is -0.399. The first-order valence-electron chi connectivity index (χ1n) is 8.64. The first-order chi connectivity index (χ1) is 13.5. The highest BCUT2D eigenvalue weighted by Gasteiger charge is 2.13. The average Bonchev–Trinajstić information content (AvgIpc) is 3.13. The standard InChI is InChI=1S/C20H18N6O2/c1-12-6-7-15(8-13(12)2)26-19-17(10-23-26)18(21-11-22-19)24-25-20(28)14-4-3-5-16(27)9-14/h3-11,27H,1-2H3,(H,25,28)(H,21,22,24). The Labute approximate surface area is 160 Å². The van der Waals surface area contributed by atoms with Crippen molar-refractivity contribution < 1.29 is 9.90 Å². The lowest BCUT2D eigenvalue weighted by atomic mass is 10.1. The van der Waals surface area contributed by atoms with E-state index in [1.807, 2.05) is 25.1 Å². The third kappa shape index (κ3) is 3.23. The van der Waals surface area contributed by atoms with E-state index in [0.717, 1.165) is 11.3 Å². The van der Waals surface area contributed by atoms with Crippen molar-refractivity contribution in [3.8, 4) is 11.4 Å². The topological polar surface area (TPSA) is 105 Å². The predicted molar refractivity (Wildman–Crippen MR) is 105 cm³/mol. The number of nitrogens with zero attached hydrogens (tertiary/aromatic N) is 4. The summed E-state index contributed by atoms with van der Waals surface area (Å²) in [7, 11) is 0. The smallest absolute Gasteiger partial charge is 0.269 e. The number of hydrogen-bond acceptors (Lipinski definition) is 6. The number of nitrogens with one attached hydrogen (secondary N) is 2. The summed E-state index contributed by atoms with van der Waals surface area (Å²) in [6, 6.07) is 12.1. The normalized spacial score (nSPS) is 10.8. The van der Waals surface area contributed by atoms with Gasteiger partial charge >= 0.3 is 0 Å². The molecule has 0 spiro atoms. The van der Waals surface area contributed by atoms with Gasteiger partial charge in [0.1, 0.15) is 12.1 Å². The molecule has 28 heavy (non-hydrogen) atoms. The molecule has 0 saturated carbocycles. The van der Waals surface area contributed by atoms with Crippen molar-refractivity contribution in [1.82, 2.24) is 25.2 Å². The van der Waals surface area contributed by atoms with Gasteiger partial charge in [0.15, 0.2) is 11.5 Å². The van der Waals surface area contributed by atoms with Crippen molar-refractivity contribution in [2.24, 2.45) is 0 Å². The number of benzene rings is 2. The van der Waals surface area contributed by atoms with E-state index in [1.54, 1.807) is 23.0 Å². The van der Waals surface area contributed by atoms with Gasteiger partial charge in [-0.1, -0.05) is 12.1 Å². The Bertz CT molecular complexity index is 1180. The SMILES string of the molecule is Cc1ccc(-n2ncc3c(NNC(=O)c4cccc(O)c4)ncnc32)cc1C. The number of rotatable bonds is 4. The summed E-state index contributed by atoms with van der Waals surface area (Å²) in [5.74, 6) is 0.0459. The van der Waals surface area contributed by atoms with Crippen LogP contribution in [0.3, 0.4) is 0 Å². The van der Waals surface area contributed by atoms with E-state index in [1.165, 1.54) is 24.0 Å². The number of aryl methyl sites for hydroxylation is 2. The second kappa shape index (κ2) is 6.99. The van der Waals surface area contributed by atoms with Crippen molar-refractivity contribution in [2.75, 3.05) is 5.43 Å². The molecule has 0 aliphatic heterocycles. The van der Waals surface area contributed by atoms with Gasteiger partial charge in [-0.15, -0.1) is 0 Å². The number of phenolic OH excluding ortho intramolecular Hbond substituents is 1. The summed E-state index contributed by atoms with van der Waals surface area (Å²) in [5.41, 5.74) is 9.57. The van der Waals surface area contributed by atoms with Crippen LogP contribution in [0.25, 0.3) is 16.7 Å². The Morgan fingerprint density at radius 2 is 1.93 bits per heavy atom. The Hall–Kier alpha value is -3.94. The molecule has 3 N–H and O–H groups in total. The van der Waals surface area contributed by atoms with E-state index >= 15 is 0 Å². The Morgan fingerprint density at radius 3 is 2.71 bits per heavy atom. The number of hydrazine groups is 1. The highest BCUT2D eigenvalue weighted by Crippen LogP contribution is 2.22. The summed E-state index contributed by atoms with van der Waals surface area (Å²) in [4.78, 5) is 20.8. The molecular weight excluding hydrogens is 356 g/mol. The van der Waals surface area contributed by atoms with Crippen LogP contribution in [0.2, 0.25) is 0 Å². The Balaban J connectivity index is 1.61. The monoisotopic (exact) mass is 374 g/mol. The van der Waals surface area contributed by atoms with Crippen LogP contribution in [0.1, 0.15) is 21.5 Å². The number of aromatic hydroxyl groups is 1. The van der Waals surface area contributed by atoms with Gasteiger partial charge in [0.2, 0.25) is 0 Å². The summed E-state index contributed by atoms with van der Waals surface area (Å²) in [6.07, 6.45) is 3.05. The van der Waals surface area contributed by atoms with Crippen LogP contribution in [0.5, 0.6) is 5.75 Å². The van der Waals surface area contributed by atoms with E-state index in [0.29, 0.717) is 22.4 Å². The Morgan fingerprint density at radius 1 is 1.07 bits per heavy atom. The van der Waals surface area contributed by atoms with Crippen molar-refractivity contribution in [1.29, 1.82) is 0 Å². The molecule has 0 saturated heterocycles. The van der Waals surface area contributed by atoms with Gasteiger partial charge in [0, 0.05) is 5.56 Å². The number of hydrogen-bond donors (Lipinski definition) is 3. The van der Waals surface area contributed by atoms with E-state index in [4.69, 9.17) is 0 Å². The van der Waals surface area contributed by atoms with Crippen LogP contribution in [0.15, 0.2) is 55.0 Å². The zero-order valence-electron chi connectivity index (χ0n) is 15.3. The number of anilines is 1. The summed E-state index contributed by atoms with van der Waals surface area (Å²) >= 11 is 0. The third-order valence-corrected chi connectivity index (χ3v) is 4.50. The lowest BCUT2D eigenvalue weighted by Gasteiger charge is -2.09. The van der Waals surface area contributed by atoms with Gasteiger partial charge in [-0.3, -0.25) is 15.6 Å². The van der Waals surface area contributed by atoms with Gasteiger partial charge < -0.3 is 5.11 Å². The van der Waals surface area contributed by atoms with E-state index in [9.17, 15) is 9.90 Å². The first kappa shape index (κ1) is 17.5. The third-order valence-electron chi connectivity index (χ3n) is 4.50. The minimum Gasteiger partial charge on any atom is -0.508 e. The number of amides is 1. The molecule has 2 aromatic carbocycles. The lowest BCUT2D eigenvalue weighted by Crippen LogP contribution is -2.29. The molecule has 4 rings (SSSR count). The second-order valence-electron chi connectivity index (χ2n) is 6.41. The van der Waals surface area contributed by atoms with Gasteiger partial charge in [0.25, 0.3) is 5.91 Å². The molecule has 2 heterocycles.